The van der Waals surface area contributed by atoms with E-state index in [9.17, 15) is 4.79 Å². The van der Waals surface area contributed by atoms with Crippen LogP contribution in [0.25, 0.3) is 0 Å². The van der Waals surface area contributed by atoms with Gasteiger partial charge in [-0.3, -0.25) is 14.6 Å². The lowest BCUT2D eigenvalue weighted by Crippen LogP contribution is -2.55. The molecule has 0 aromatic carbocycles. The van der Waals surface area contributed by atoms with E-state index in [0.29, 0.717) is 6.61 Å². The highest BCUT2D eigenvalue weighted by atomic mass is 16.5. The molecule has 0 bridgehead atoms. The lowest BCUT2D eigenvalue weighted by Gasteiger charge is -2.44. The molecule has 2 saturated heterocycles. The van der Waals surface area contributed by atoms with Crippen LogP contribution < -0.4 is 0 Å². The van der Waals surface area contributed by atoms with Gasteiger partial charge in [-0.15, -0.1) is 0 Å². The highest BCUT2D eigenvalue weighted by Gasteiger charge is 2.42. The van der Waals surface area contributed by atoms with Crippen LogP contribution in [0.1, 0.15) is 72.1 Å². The maximum atomic E-state index is 12.0. The number of ether oxygens (including phenoxy) is 2. The molecule has 0 amide bonds. The molecule has 1 atom stereocenters. The van der Waals surface area contributed by atoms with E-state index in [1.807, 2.05) is 6.92 Å². The Hall–Kier alpha value is -0.650. The van der Waals surface area contributed by atoms with Gasteiger partial charge in [0.25, 0.3) is 0 Å². The molecule has 3 aliphatic rings. The number of carbonyl (C=O) groups excluding carboxylic acids is 1. The quantitative estimate of drug-likeness (QED) is 0.686. The summed E-state index contributed by atoms with van der Waals surface area (Å²) < 4.78 is 11.9. The van der Waals surface area contributed by atoms with Crippen molar-refractivity contribution in [3.05, 3.63) is 0 Å². The summed E-state index contributed by atoms with van der Waals surface area (Å²) >= 11 is 0. The number of esters is 1. The number of nitrogens with zero attached hydrogens (tertiary/aromatic N) is 2. The van der Waals surface area contributed by atoms with E-state index < -0.39 is 0 Å². The van der Waals surface area contributed by atoms with Crippen LogP contribution in [0.15, 0.2) is 0 Å². The van der Waals surface area contributed by atoms with Crippen LogP contribution in [-0.4, -0.2) is 60.0 Å². The average molecular weight is 353 g/mol. The number of hydrogen-bond donors (Lipinski definition) is 0. The van der Waals surface area contributed by atoms with Crippen LogP contribution in [0.2, 0.25) is 0 Å². The van der Waals surface area contributed by atoms with Gasteiger partial charge >= 0.3 is 5.97 Å². The molecule has 25 heavy (non-hydrogen) atoms. The zero-order valence-electron chi connectivity index (χ0n) is 16.3. The molecule has 0 radical (unpaired) electrons. The van der Waals surface area contributed by atoms with Gasteiger partial charge in [0.1, 0.15) is 0 Å². The standard InChI is InChI=1S/C20H36N2O3/c1-4-24-18(23)16-8-10-17(11-9-16)25-19(21-13-5-6-14-21)22-15-7-12-20(22,2)3/h16-17,19H,4-15H2,1-3H3/t16-,17-,19?. The fourth-order valence-corrected chi connectivity index (χ4v) is 4.72. The summed E-state index contributed by atoms with van der Waals surface area (Å²) in [5.74, 6) is 0.0611. The van der Waals surface area contributed by atoms with E-state index in [2.05, 4.69) is 23.6 Å². The Morgan fingerprint density at radius 3 is 2.32 bits per heavy atom. The Morgan fingerprint density at radius 2 is 1.76 bits per heavy atom. The highest BCUT2D eigenvalue weighted by Crippen LogP contribution is 2.35. The van der Waals surface area contributed by atoms with Gasteiger partial charge in [0.05, 0.1) is 18.6 Å². The molecule has 1 saturated carbocycles. The third-order valence-corrected chi connectivity index (χ3v) is 6.29. The molecule has 144 valence electrons. The molecule has 0 aromatic heterocycles. The van der Waals surface area contributed by atoms with Gasteiger partial charge in [-0.05, 0) is 72.1 Å². The minimum atomic E-state index is -0.0160. The van der Waals surface area contributed by atoms with Crippen LogP contribution in [0.3, 0.4) is 0 Å². The Morgan fingerprint density at radius 1 is 1.08 bits per heavy atom. The summed E-state index contributed by atoms with van der Waals surface area (Å²) in [6, 6.07) is 0. The van der Waals surface area contributed by atoms with Gasteiger partial charge in [-0.25, -0.2) is 0 Å². The number of rotatable bonds is 6. The molecule has 5 nitrogen and oxygen atoms in total. The Balaban J connectivity index is 1.59. The fraction of sp³-hybridized carbons (Fsp3) is 0.950. The largest absolute Gasteiger partial charge is 0.466 e. The second-order valence-electron chi connectivity index (χ2n) is 8.54. The predicted molar refractivity (Wildman–Crippen MR) is 98.1 cm³/mol. The summed E-state index contributed by atoms with van der Waals surface area (Å²) in [4.78, 5) is 17.1. The van der Waals surface area contributed by atoms with Crippen molar-refractivity contribution in [3.8, 4) is 0 Å². The van der Waals surface area contributed by atoms with Crippen molar-refractivity contribution < 1.29 is 14.3 Å². The van der Waals surface area contributed by atoms with E-state index in [-0.39, 0.29) is 29.9 Å². The zero-order valence-corrected chi connectivity index (χ0v) is 16.3. The molecule has 3 fully saturated rings. The Labute approximate surface area is 153 Å². The number of hydrogen-bond acceptors (Lipinski definition) is 5. The molecular weight excluding hydrogens is 316 g/mol. The lowest BCUT2D eigenvalue weighted by molar-refractivity contribution is -0.198. The van der Waals surface area contributed by atoms with Crippen LogP contribution in [0, 0.1) is 5.92 Å². The summed E-state index contributed by atoms with van der Waals surface area (Å²) in [6.45, 7) is 10.5. The fourth-order valence-electron chi connectivity index (χ4n) is 4.72. The first kappa shape index (κ1) is 19.1. The van der Waals surface area contributed by atoms with E-state index in [1.165, 1.54) is 25.7 Å². The molecular formula is C20H36N2O3. The van der Waals surface area contributed by atoms with Crippen molar-refractivity contribution in [1.82, 2.24) is 9.80 Å². The van der Waals surface area contributed by atoms with Crippen molar-refractivity contribution >= 4 is 5.97 Å². The molecule has 0 spiro atoms. The Bertz CT molecular complexity index is 440. The van der Waals surface area contributed by atoms with Gasteiger partial charge < -0.3 is 9.47 Å². The van der Waals surface area contributed by atoms with Crippen molar-refractivity contribution in [3.63, 3.8) is 0 Å². The van der Waals surface area contributed by atoms with Gasteiger partial charge in [0.15, 0.2) is 6.35 Å². The van der Waals surface area contributed by atoms with Crippen molar-refractivity contribution in [1.29, 1.82) is 0 Å². The molecule has 1 unspecified atom stereocenters. The summed E-state index contributed by atoms with van der Waals surface area (Å²) in [6.07, 6.45) is 9.21. The summed E-state index contributed by atoms with van der Waals surface area (Å²) in [5, 5.41) is 0. The zero-order chi connectivity index (χ0) is 17.9. The van der Waals surface area contributed by atoms with Crippen molar-refractivity contribution in [2.45, 2.75) is 90.1 Å². The van der Waals surface area contributed by atoms with E-state index in [4.69, 9.17) is 9.47 Å². The van der Waals surface area contributed by atoms with Gasteiger partial charge in [0.2, 0.25) is 0 Å². The van der Waals surface area contributed by atoms with Crippen LogP contribution >= 0.6 is 0 Å². The van der Waals surface area contributed by atoms with E-state index in [1.54, 1.807) is 0 Å². The molecule has 2 aliphatic heterocycles. The van der Waals surface area contributed by atoms with Gasteiger partial charge in [-0.2, -0.15) is 0 Å². The van der Waals surface area contributed by atoms with Gasteiger partial charge in [-0.1, -0.05) is 0 Å². The smallest absolute Gasteiger partial charge is 0.308 e. The second-order valence-corrected chi connectivity index (χ2v) is 8.54. The molecule has 1 aliphatic carbocycles. The SMILES string of the molecule is CCOC(=O)[C@H]1CC[C@H](OC(N2CCCC2)N2CCCC2(C)C)CC1. The number of carbonyl (C=O) groups is 1. The van der Waals surface area contributed by atoms with Crippen LogP contribution in [0.4, 0.5) is 0 Å². The van der Waals surface area contributed by atoms with Crippen molar-refractivity contribution in [2.24, 2.45) is 5.92 Å². The minimum absolute atomic E-state index is 0.0160. The first-order valence-corrected chi connectivity index (χ1v) is 10.3. The molecule has 5 heteroatoms. The third kappa shape index (κ3) is 4.55. The molecule has 2 heterocycles. The summed E-state index contributed by atoms with van der Waals surface area (Å²) in [7, 11) is 0. The average Bonchev–Trinajstić information content (AvgIpc) is 3.23. The molecule has 0 N–H and O–H groups in total. The first-order valence-electron chi connectivity index (χ1n) is 10.3. The summed E-state index contributed by atoms with van der Waals surface area (Å²) in [5.41, 5.74) is 0.218. The van der Waals surface area contributed by atoms with Crippen LogP contribution in [-0.2, 0) is 14.3 Å². The molecule has 3 rings (SSSR count). The normalized spacial score (nSPS) is 32.0. The van der Waals surface area contributed by atoms with Crippen molar-refractivity contribution in [2.75, 3.05) is 26.2 Å². The second kappa shape index (κ2) is 8.36. The highest BCUT2D eigenvalue weighted by molar-refractivity contribution is 5.72. The Kier molecular flexibility index (Phi) is 6.39. The predicted octanol–water partition coefficient (Wildman–Crippen LogP) is 3.38. The van der Waals surface area contributed by atoms with E-state index in [0.717, 1.165) is 45.3 Å². The monoisotopic (exact) mass is 352 g/mol. The molecule has 0 aromatic rings. The van der Waals surface area contributed by atoms with Gasteiger partial charge in [0, 0.05) is 25.2 Å². The van der Waals surface area contributed by atoms with Crippen LogP contribution in [0.5, 0.6) is 0 Å². The topological polar surface area (TPSA) is 42.0 Å². The first-order chi connectivity index (χ1) is 12.0. The maximum absolute atomic E-state index is 12.0. The third-order valence-electron chi connectivity index (χ3n) is 6.29. The van der Waals surface area contributed by atoms with E-state index >= 15 is 0 Å². The minimum Gasteiger partial charge on any atom is -0.466 e. The maximum Gasteiger partial charge on any atom is 0.308 e. The lowest BCUT2D eigenvalue weighted by atomic mass is 9.87. The number of likely N-dealkylation sites (tertiary alicyclic amines) is 2.